The van der Waals surface area contributed by atoms with Crippen molar-refractivity contribution in [1.29, 1.82) is 0 Å². The number of anilines is 1. The number of fused-ring (bicyclic) bond motifs is 1. The summed E-state index contributed by atoms with van der Waals surface area (Å²) in [5.74, 6) is -1.52. The molecule has 1 aliphatic heterocycles. The summed E-state index contributed by atoms with van der Waals surface area (Å²) in [5.41, 5.74) is 1.25. The second kappa shape index (κ2) is 8.38. The van der Waals surface area contributed by atoms with Gasteiger partial charge in [0.2, 0.25) is 17.7 Å². The largest absolute Gasteiger partial charge is 0.323 e. The summed E-state index contributed by atoms with van der Waals surface area (Å²) >= 11 is 12.2. The molecule has 1 heterocycles. The molecule has 5 atom stereocenters. The highest BCUT2D eigenvalue weighted by molar-refractivity contribution is 6.36. The number of hydrogen-bond donors (Lipinski definition) is 1. The fourth-order valence-electron chi connectivity index (χ4n) is 5.35. The molecule has 5 unspecified atom stereocenters. The van der Waals surface area contributed by atoms with E-state index in [0.717, 1.165) is 18.4 Å². The van der Waals surface area contributed by atoms with Crippen LogP contribution >= 0.6 is 23.2 Å². The first-order valence-electron chi connectivity index (χ1n) is 10.8. The fraction of sp³-hybridized carbons (Fsp3) is 0.320. The summed E-state index contributed by atoms with van der Waals surface area (Å²) in [6, 6.07) is 13.2. The molecule has 7 heteroatoms. The lowest BCUT2D eigenvalue weighted by molar-refractivity contribution is -0.146. The molecule has 1 saturated heterocycles. The van der Waals surface area contributed by atoms with Crippen LogP contribution in [0.15, 0.2) is 60.7 Å². The first-order valence-corrected chi connectivity index (χ1v) is 11.5. The summed E-state index contributed by atoms with van der Waals surface area (Å²) in [4.78, 5) is 41.6. The number of allylic oxidation sites excluding steroid dienone is 2. The van der Waals surface area contributed by atoms with Crippen LogP contribution in [0, 0.1) is 23.7 Å². The van der Waals surface area contributed by atoms with Gasteiger partial charge in [0, 0.05) is 11.4 Å². The molecule has 32 heavy (non-hydrogen) atoms. The second-order valence-corrected chi connectivity index (χ2v) is 9.55. The summed E-state index contributed by atoms with van der Waals surface area (Å²) in [6.07, 6.45) is 6.20. The summed E-state index contributed by atoms with van der Waals surface area (Å²) in [5, 5.41) is 3.54. The molecule has 2 aromatic carbocycles. The Hall–Kier alpha value is -2.63. The van der Waals surface area contributed by atoms with Crippen LogP contribution < -0.4 is 5.32 Å². The number of likely N-dealkylation sites (tertiary alicyclic amines) is 1. The van der Waals surface area contributed by atoms with Crippen LogP contribution in [0.1, 0.15) is 18.4 Å². The molecular formula is C25H22Cl2N2O3. The normalized spacial score (nSPS) is 26.9. The van der Waals surface area contributed by atoms with Crippen molar-refractivity contribution in [3.63, 3.8) is 0 Å². The Kier molecular flexibility index (Phi) is 5.56. The van der Waals surface area contributed by atoms with E-state index in [1.165, 1.54) is 11.0 Å². The smallest absolute Gasteiger partial charge is 0.248 e. The van der Waals surface area contributed by atoms with Crippen LogP contribution in [0.25, 0.3) is 0 Å². The van der Waals surface area contributed by atoms with E-state index in [9.17, 15) is 14.4 Å². The molecule has 0 spiro atoms. The van der Waals surface area contributed by atoms with Crippen molar-refractivity contribution in [2.75, 3.05) is 5.32 Å². The molecule has 2 bridgehead atoms. The molecule has 6 rings (SSSR count). The van der Waals surface area contributed by atoms with Crippen molar-refractivity contribution in [2.24, 2.45) is 23.7 Å². The Morgan fingerprint density at radius 3 is 2.16 bits per heavy atom. The molecule has 3 amide bonds. The summed E-state index contributed by atoms with van der Waals surface area (Å²) < 4.78 is 0. The maximum Gasteiger partial charge on any atom is 0.248 e. The maximum atomic E-state index is 13.5. The molecular weight excluding hydrogens is 447 g/mol. The van der Waals surface area contributed by atoms with E-state index in [4.69, 9.17) is 23.2 Å². The number of hydrogen-bond acceptors (Lipinski definition) is 3. The lowest BCUT2D eigenvalue weighted by atomic mass is 9.63. The average Bonchev–Trinajstić information content (AvgIpc) is 3.08. The molecule has 0 radical (unpaired) electrons. The van der Waals surface area contributed by atoms with E-state index < -0.39 is 11.9 Å². The number of halogens is 2. The van der Waals surface area contributed by atoms with Crippen molar-refractivity contribution in [3.8, 4) is 0 Å². The topological polar surface area (TPSA) is 66.5 Å². The van der Waals surface area contributed by atoms with Gasteiger partial charge in [0.15, 0.2) is 0 Å². The quantitative estimate of drug-likeness (QED) is 0.508. The van der Waals surface area contributed by atoms with Crippen molar-refractivity contribution >= 4 is 46.6 Å². The van der Waals surface area contributed by atoms with Gasteiger partial charge < -0.3 is 5.32 Å². The Morgan fingerprint density at radius 2 is 1.59 bits per heavy atom. The molecule has 3 aliphatic carbocycles. The van der Waals surface area contributed by atoms with Crippen LogP contribution in [-0.4, -0.2) is 28.7 Å². The predicted octanol–water partition coefficient (Wildman–Crippen LogP) is 4.74. The Morgan fingerprint density at radius 1 is 0.969 bits per heavy atom. The minimum absolute atomic E-state index is 0.0672. The van der Waals surface area contributed by atoms with Gasteiger partial charge in [0.05, 0.1) is 22.5 Å². The van der Waals surface area contributed by atoms with Crippen LogP contribution in [0.4, 0.5) is 5.69 Å². The van der Waals surface area contributed by atoms with Crippen molar-refractivity contribution in [1.82, 2.24) is 4.90 Å². The predicted molar refractivity (Wildman–Crippen MR) is 123 cm³/mol. The molecule has 1 saturated carbocycles. The lowest BCUT2D eigenvalue weighted by Gasteiger charge is -2.38. The van der Waals surface area contributed by atoms with Crippen molar-refractivity contribution < 1.29 is 14.4 Å². The molecule has 5 nitrogen and oxygen atoms in total. The van der Waals surface area contributed by atoms with Gasteiger partial charge in [-0.25, -0.2) is 0 Å². The molecule has 4 aliphatic rings. The average molecular weight is 469 g/mol. The maximum absolute atomic E-state index is 13.5. The van der Waals surface area contributed by atoms with E-state index in [-0.39, 0.29) is 41.9 Å². The minimum atomic E-state index is -0.964. The van der Waals surface area contributed by atoms with Gasteiger partial charge in [-0.2, -0.15) is 0 Å². The number of nitrogens with one attached hydrogen (secondary N) is 1. The second-order valence-electron chi connectivity index (χ2n) is 8.71. The standard InChI is InChI=1S/C25H22Cl2N2O3/c26-17-10-11-19(18(27)13-17)28-23(30)20(12-14-4-2-1-3-5-14)29-24(31)21-15-6-7-16(9-8-15)22(21)25(29)32/h1-7,10-11,13,15-16,20-22H,8-9,12H2,(H,28,30). The van der Waals surface area contributed by atoms with Gasteiger partial charge in [-0.1, -0.05) is 65.7 Å². The highest BCUT2D eigenvalue weighted by atomic mass is 35.5. The number of nitrogens with zero attached hydrogens (tertiary/aromatic N) is 1. The van der Waals surface area contributed by atoms with Crippen LogP contribution in [0.2, 0.25) is 10.0 Å². The van der Waals surface area contributed by atoms with Gasteiger partial charge in [0.25, 0.3) is 0 Å². The SMILES string of the molecule is O=C(Nc1ccc(Cl)cc1Cl)C(Cc1ccccc1)N1C(=O)C2C3C=CC(CC3)C2C1=O. The van der Waals surface area contributed by atoms with Gasteiger partial charge in [0.1, 0.15) is 6.04 Å². The Balaban J connectivity index is 1.48. The first kappa shape index (κ1) is 21.2. The third-order valence-electron chi connectivity index (χ3n) is 6.87. The molecule has 2 aromatic rings. The van der Waals surface area contributed by atoms with Crippen LogP contribution in [0.5, 0.6) is 0 Å². The van der Waals surface area contributed by atoms with E-state index in [1.807, 2.05) is 30.3 Å². The zero-order valence-electron chi connectivity index (χ0n) is 17.2. The lowest BCUT2D eigenvalue weighted by Crippen LogP contribution is -2.49. The Bertz CT molecular complexity index is 1090. The van der Waals surface area contributed by atoms with Crippen LogP contribution in [0.3, 0.4) is 0 Å². The van der Waals surface area contributed by atoms with Crippen molar-refractivity contribution in [3.05, 3.63) is 76.3 Å². The van der Waals surface area contributed by atoms with Gasteiger partial charge in [-0.05, 0) is 48.4 Å². The van der Waals surface area contributed by atoms with E-state index in [0.29, 0.717) is 15.7 Å². The monoisotopic (exact) mass is 468 g/mol. The van der Waals surface area contributed by atoms with E-state index >= 15 is 0 Å². The number of carbonyl (C=O) groups is 3. The van der Waals surface area contributed by atoms with Gasteiger partial charge in [-0.3, -0.25) is 19.3 Å². The van der Waals surface area contributed by atoms with E-state index in [1.54, 1.807) is 12.1 Å². The molecule has 164 valence electrons. The zero-order chi connectivity index (χ0) is 22.4. The van der Waals surface area contributed by atoms with E-state index in [2.05, 4.69) is 17.5 Å². The number of imide groups is 1. The third kappa shape index (κ3) is 3.63. The minimum Gasteiger partial charge on any atom is -0.323 e. The fourth-order valence-corrected chi connectivity index (χ4v) is 5.81. The number of amides is 3. The first-order chi connectivity index (χ1) is 15.4. The summed E-state index contributed by atoms with van der Waals surface area (Å²) in [7, 11) is 0. The number of carbonyl (C=O) groups excluding carboxylic acids is 3. The number of rotatable bonds is 5. The molecule has 1 N–H and O–H groups in total. The van der Waals surface area contributed by atoms with Crippen LogP contribution in [-0.2, 0) is 20.8 Å². The highest BCUT2D eigenvalue weighted by Crippen LogP contribution is 2.50. The third-order valence-corrected chi connectivity index (χ3v) is 7.42. The van der Waals surface area contributed by atoms with Gasteiger partial charge >= 0.3 is 0 Å². The summed E-state index contributed by atoms with van der Waals surface area (Å²) in [6.45, 7) is 0. The zero-order valence-corrected chi connectivity index (χ0v) is 18.7. The Labute approximate surface area is 196 Å². The van der Waals surface area contributed by atoms with Gasteiger partial charge in [-0.15, -0.1) is 0 Å². The van der Waals surface area contributed by atoms with Crippen molar-refractivity contribution in [2.45, 2.75) is 25.3 Å². The highest BCUT2D eigenvalue weighted by Gasteiger charge is 2.58. The molecule has 2 fully saturated rings. The number of benzene rings is 2. The molecule has 0 aromatic heterocycles.